The first-order chi connectivity index (χ1) is 30.5. The van der Waals surface area contributed by atoms with Gasteiger partial charge in [0, 0.05) is 43.8 Å². The molecule has 20 nitrogen and oxygen atoms in total. The van der Waals surface area contributed by atoms with Gasteiger partial charge in [-0.3, -0.25) is 38.7 Å². The SMILES string of the molecule is N#C[C@@H]1CC(F)(F)CN1C(=O)CNC(=O)c1ccnc2c(NC(=O)CCC(=O)N[C@@H](CCCN=C(N)N)C(=O)N[C@H](Cc3ccccc3)C(=O)N[C@@H](CCCCN)C(=O)O)cccc12. The number of unbranched alkanes of at least 4 members (excludes halogenated alkanes) is 1. The number of nitrogens with two attached hydrogens (primary N) is 3. The molecule has 2 aromatic carbocycles. The molecule has 22 heteroatoms. The van der Waals surface area contributed by atoms with Crippen LogP contribution in [0.1, 0.15) is 67.3 Å². The van der Waals surface area contributed by atoms with Crippen LogP contribution in [0.4, 0.5) is 14.5 Å². The number of fused-ring (bicyclic) bond motifs is 1. The number of hydrogen-bond donors (Lipinski definition) is 9. The maximum Gasteiger partial charge on any atom is 0.326 e. The third-order valence-electron chi connectivity index (χ3n) is 10.1. The van der Waals surface area contributed by atoms with Crippen molar-refractivity contribution >= 4 is 64.0 Å². The number of halogens is 2. The zero-order valence-corrected chi connectivity index (χ0v) is 34.9. The van der Waals surface area contributed by atoms with Gasteiger partial charge in [0.15, 0.2) is 5.96 Å². The van der Waals surface area contributed by atoms with E-state index in [1.54, 1.807) is 36.4 Å². The lowest BCUT2D eigenvalue weighted by Gasteiger charge is -2.25. The largest absolute Gasteiger partial charge is 0.480 e. The topological polar surface area (TPSA) is 330 Å². The number of pyridine rings is 1. The second-order valence-electron chi connectivity index (χ2n) is 15.0. The summed E-state index contributed by atoms with van der Waals surface area (Å²) in [6.45, 7) is -1.15. The van der Waals surface area contributed by atoms with Crippen LogP contribution in [-0.4, -0.2) is 119 Å². The minimum Gasteiger partial charge on any atom is -0.480 e. The van der Waals surface area contributed by atoms with E-state index in [2.05, 4.69) is 36.6 Å². The van der Waals surface area contributed by atoms with Gasteiger partial charge in [0.25, 0.3) is 11.8 Å². The number of nitrogens with zero attached hydrogens (tertiary/aromatic N) is 4. The number of aliphatic carboxylic acids is 1. The second kappa shape index (κ2) is 23.8. The molecule has 342 valence electrons. The summed E-state index contributed by atoms with van der Waals surface area (Å²) in [5.74, 6) is -9.12. The van der Waals surface area contributed by atoms with Crippen molar-refractivity contribution in [3.05, 3.63) is 71.9 Å². The average Bonchev–Trinajstić information content (AvgIpc) is 3.59. The van der Waals surface area contributed by atoms with Crippen LogP contribution in [0, 0.1) is 11.3 Å². The summed E-state index contributed by atoms with van der Waals surface area (Å²) < 4.78 is 27.7. The molecule has 0 spiro atoms. The Morgan fingerprint density at radius 1 is 0.891 bits per heavy atom. The molecule has 0 bridgehead atoms. The monoisotopic (exact) mass is 890 g/mol. The van der Waals surface area contributed by atoms with Crippen molar-refractivity contribution in [3.8, 4) is 6.07 Å². The van der Waals surface area contributed by atoms with E-state index in [1.165, 1.54) is 30.5 Å². The number of likely N-dealkylation sites (tertiary alicyclic amines) is 1. The van der Waals surface area contributed by atoms with Crippen molar-refractivity contribution in [1.29, 1.82) is 5.26 Å². The molecule has 0 unspecified atom stereocenters. The number of rotatable bonds is 23. The Kier molecular flexibility index (Phi) is 18.4. The Balaban J connectivity index is 1.41. The Morgan fingerprint density at radius 3 is 2.27 bits per heavy atom. The number of nitriles is 1. The van der Waals surface area contributed by atoms with Gasteiger partial charge >= 0.3 is 5.97 Å². The van der Waals surface area contributed by atoms with Gasteiger partial charge in [-0.1, -0.05) is 42.5 Å². The van der Waals surface area contributed by atoms with Crippen LogP contribution in [0.2, 0.25) is 0 Å². The third kappa shape index (κ3) is 15.0. The number of anilines is 1. The summed E-state index contributed by atoms with van der Waals surface area (Å²) >= 11 is 0. The van der Waals surface area contributed by atoms with E-state index in [4.69, 9.17) is 17.2 Å². The van der Waals surface area contributed by atoms with E-state index in [-0.39, 0.29) is 66.8 Å². The molecule has 64 heavy (non-hydrogen) atoms. The highest BCUT2D eigenvalue weighted by Gasteiger charge is 2.47. The molecule has 12 N–H and O–H groups in total. The van der Waals surface area contributed by atoms with Gasteiger partial charge in [0.2, 0.25) is 29.5 Å². The molecule has 1 aliphatic heterocycles. The highest BCUT2D eigenvalue weighted by Crippen LogP contribution is 2.31. The number of guanidine groups is 1. The van der Waals surface area contributed by atoms with Crippen molar-refractivity contribution in [2.45, 2.75) is 87.9 Å². The van der Waals surface area contributed by atoms with E-state index in [9.17, 15) is 52.7 Å². The molecule has 1 fully saturated rings. The highest BCUT2D eigenvalue weighted by atomic mass is 19.3. The predicted octanol–water partition coefficient (Wildman–Crippen LogP) is 0.407. The summed E-state index contributed by atoms with van der Waals surface area (Å²) in [5, 5.41) is 32.1. The van der Waals surface area contributed by atoms with Gasteiger partial charge < -0.3 is 53.8 Å². The number of para-hydroxylation sites is 1. The standard InChI is InChI=1S/C42H52F2N12O8/c43-42(44)21-26(22-46)56(24-42)35(59)23-51-37(60)28-16-19-49-36-27(28)10-6-12-29(36)52-33(57)14-15-34(58)53-30(13-7-18-50-41(47)48)38(61)55-32(20-25-8-2-1-3-9-25)39(62)54-31(40(63)64)11-4-5-17-45/h1-3,6,8-10,12,16,19,26,30-32H,4-5,7,11,13-15,17-18,20-21,23-24,45H2,(H,51,60)(H,52,57)(H,53,58)(H,54,62)(H,55,61)(H,63,64)(H4,47,48,50)/t26-,30-,31-,32+/m0/s1. The first kappa shape index (κ1) is 49.4. The molecule has 1 aromatic heterocycles. The van der Waals surface area contributed by atoms with E-state index < -0.39 is 97.4 Å². The number of hydrogen-bond acceptors (Lipinski definition) is 11. The maximum absolute atomic E-state index is 13.9. The van der Waals surface area contributed by atoms with Crippen molar-refractivity contribution < 1.29 is 47.4 Å². The van der Waals surface area contributed by atoms with Crippen LogP contribution in [0.15, 0.2) is 65.8 Å². The lowest BCUT2D eigenvalue weighted by molar-refractivity contribution is -0.142. The van der Waals surface area contributed by atoms with Crippen molar-refractivity contribution in [3.63, 3.8) is 0 Å². The lowest BCUT2D eigenvalue weighted by atomic mass is 10.0. The predicted molar refractivity (Wildman–Crippen MR) is 229 cm³/mol. The van der Waals surface area contributed by atoms with Crippen LogP contribution in [-0.2, 0) is 35.2 Å². The number of carbonyl (C=O) groups is 7. The Hall–Kier alpha value is -7.28. The number of aromatic nitrogens is 1. The van der Waals surface area contributed by atoms with Crippen molar-refractivity contribution in [2.24, 2.45) is 22.2 Å². The number of benzene rings is 2. The van der Waals surface area contributed by atoms with E-state index in [0.717, 1.165) is 4.90 Å². The van der Waals surface area contributed by atoms with Gasteiger partial charge in [0.05, 0.1) is 35.9 Å². The fourth-order valence-corrected chi connectivity index (χ4v) is 6.85. The number of aliphatic imine (C=N–C) groups is 1. The van der Waals surface area contributed by atoms with E-state index >= 15 is 0 Å². The lowest BCUT2D eigenvalue weighted by Crippen LogP contribution is -2.56. The first-order valence-electron chi connectivity index (χ1n) is 20.5. The van der Waals surface area contributed by atoms with Crippen LogP contribution < -0.4 is 43.8 Å². The normalized spacial score (nSPS) is 15.4. The smallest absolute Gasteiger partial charge is 0.326 e. The van der Waals surface area contributed by atoms with Crippen LogP contribution >= 0.6 is 0 Å². The molecule has 4 atom stereocenters. The summed E-state index contributed by atoms with van der Waals surface area (Å²) in [5.41, 5.74) is 17.5. The number of carboxylic acid groups (broad SMARTS) is 1. The fourth-order valence-electron chi connectivity index (χ4n) is 6.85. The average molecular weight is 891 g/mol. The number of carbonyl (C=O) groups excluding carboxylic acids is 6. The zero-order chi connectivity index (χ0) is 46.8. The van der Waals surface area contributed by atoms with Crippen molar-refractivity contribution in [2.75, 3.05) is 31.5 Å². The zero-order valence-electron chi connectivity index (χ0n) is 34.9. The van der Waals surface area contributed by atoms with Gasteiger partial charge in [-0.25, -0.2) is 13.6 Å². The minimum atomic E-state index is -3.23. The molecule has 4 rings (SSSR count). The molecule has 6 amide bonds. The number of alkyl halides is 2. The molecule has 0 aliphatic carbocycles. The van der Waals surface area contributed by atoms with E-state index in [0.29, 0.717) is 24.9 Å². The third-order valence-corrected chi connectivity index (χ3v) is 10.1. The quantitative estimate of drug-likeness (QED) is 0.0354. The molecule has 1 saturated heterocycles. The summed E-state index contributed by atoms with van der Waals surface area (Å²) in [7, 11) is 0. The van der Waals surface area contributed by atoms with E-state index in [1.807, 2.05) is 0 Å². The number of amides is 6. The molecular formula is C42H52F2N12O8. The van der Waals surface area contributed by atoms with Gasteiger partial charge in [-0.2, -0.15) is 5.26 Å². The molecule has 2 heterocycles. The molecule has 0 radical (unpaired) electrons. The van der Waals surface area contributed by atoms with Gasteiger partial charge in [-0.15, -0.1) is 0 Å². The number of nitrogens with one attached hydrogen (secondary N) is 5. The van der Waals surface area contributed by atoms with Gasteiger partial charge in [-0.05, 0) is 56.3 Å². The fraction of sp³-hybridized carbons (Fsp3) is 0.429. The Labute approximate surface area is 366 Å². The van der Waals surface area contributed by atoms with Crippen LogP contribution in [0.25, 0.3) is 10.9 Å². The molecule has 0 saturated carbocycles. The first-order valence-corrected chi connectivity index (χ1v) is 20.5. The second-order valence-corrected chi connectivity index (χ2v) is 15.0. The molecular weight excluding hydrogens is 839 g/mol. The van der Waals surface area contributed by atoms with Crippen molar-refractivity contribution in [1.82, 2.24) is 31.2 Å². The Bertz CT molecular complexity index is 2240. The highest BCUT2D eigenvalue weighted by molar-refractivity contribution is 6.11. The minimum absolute atomic E-state index is 0.0104. The molecule has 1 aliphatic rings. The van der Waals surface area contributed by atoms with Gasteiger partial charge in [0.1, 0.15) is 24.2 Å². The molecule has 3 aromatic rings. The summed E-state index contributed by atoms with van der Waals surface area (Å²) in [4.78, 5) is 100. The Morgan fingerprint density at radius 2 is 1.58 bits per heavy atom. The number of carboxylic acids is 1. The van der Waals surface area contributed by atoms with Crippen LogP contribution in [0.5, 0.6) is 0 Å². The summed E-state index contributed by atoms with van der Waals surface area (Å²) in [6.07, 6.45) is 1.04. The maximum atomic E-state index is 13.9. The summed E-state index contributed by atoms with van der Waals surface area (Å²) in [6, 6.07) is 11.2. The van der Waals surface area contributed by atoms with Crippen LogP contribution in [0.3, 0.4) is 0 Å².